The maximum absolute atomic E-state index is 12.0. The fourth-order valence-electron chi connectivity index (χ4n) is 2.36. The third kappa shape index (κ3) is 4.56. The minimum absolute atomic E-state index is 0.0213. The van der Waals surface area contributed by atoms with Crippen LogP contribution in [-0.2, 0) is 9.59 Å². The fourth-order valence-corrected chi connectivity index (χ4v) is 2.36. The Hall–Kier alpha value is -1.88. The van der Waals surface area contributed by atoms with Crippen molar-refractivity contribution in [1.82, 2.24) is 10.2 Å². The molecule has 1 fully saturated rings. The first kappa shape index (κ1) is 15.5. The summed E-state index contributed by atoms with van der Waals surface area (Å²) in [7, 11) is 0. The number of carbonyl (C=O) groups is 2. The van der Waals surface area contributed by atoms with E-state index in [-0.39, 0.29) is 18.4 Å². The minimum Gasteiger partial charge on any atom is -0.354 e. The molecule has 0 saturated carbocycles. The van der Waals surface area contributed by atoms with Crippen LogP contribution in [0.3, 0.4) is 0 Å². The molecule has 1 atom stereocenters. The SMILES string of the molecule is CC[C@H](C)c1ccc(NC(=O)CN2CCNC(=O)C2)cc1. The van der Waals surface area contributed by atoms with Crippen LogP contribution in [0.4, 0.5) is 5.69 Å². The second kappa shape index (κ2) is 7.22. The summed E-state index contributed by atoms with van der Waals surface area (Å²) in [5.41, 5.74) is 2.08. The summed E-state index contributed by atoms with van der Waals surface area (Å²) in [6, 6.07) is 7.97. The molecule has 1 aliphatic rings. The van der Waals surface area contributed by atoms with Gasteiger partial charge in [-0.2, -0.15) is 0 Å². The molecule has 1 aromatic rings. The van der Waals surface area contributed by atoms with Crippen LogP contribution in [-0.4, -0.2) is 42.9 Å². The molecule has 5 heteroatoms. The Morgan fingerprint density at radius 1 is 1.38 bits per heavy atom. The molecule has 1 aromatic carbocycles. The maximum atomic E-state index is 12.0. The number of hydrogen-bond donors (Lipinski definition) is 2. The van der Waals surface area contributed by atoms with E-state index in [9.17, 15) is 9.59 Å². The van der Waals surface area contributed by atoms with Gasteiger partial charge in [0.2, 0.25) is 11.8 Å². The van der Waals surface area contributed by atoms with Crippen LogP contribution >= 0.6 is 0 Å². The lowest BCUT2D eigenvalue weighted by atomic mass is 9.99. The normalized spacial score (nSPS) is 17.1. The van der Waals surface area contributed by atoms with Crippen molar-refractivity contribution in [3.63, 3.8) is 0 Å². The van der Waals surface area contributed by atoms with Crippen molar-refractivity contribution in [3.8, 4) is 0 Å². The summed E-state index contributed by atoms with van der Waals surface area (Å²) in [5.74, 6) is 0.426. The summed E-state index contributed by atoms with van der Waals surface area (Å²) >= 11 is 0. The van der Waals surface area contributed by atoms with Crippen molar-refractivity contribution in [2.45, 2.75) is 26.2 Å². The summed E-state index contributed by atoms with van der Waals surface area (Å²) < 4.78 is 0. The van der Waals surface area contributed by atoms with Gasteiger partial charge in [-0.25, -0.2) is 0 Å². The average molecular weight is 289 g/mol. The van der Waals surface area contributed by atoms with Gasteiger partial charge in [0, 0.05) is 18.8 Å². The van der Waals surface area contributed by atoms with Crippen LogP contribution in [0.15, 0.2) is 24.3 Å². The van der Waals surface area contributed by atoms with Gasteiger partial charge in [0.1, 0.15) is 0 Å². The predicted molar refractivity (Wildman–Crippen MR) is 83.2 cm³/mol. The van der Waals surface area contributed by atoms with E-state index in [0.29, 0.717) is 25.6 Å². The number of anilines is 1. The van der Waals surface area contributed by atoms with Crippen molar-refractivity contribution in [2.75, 3.05) is 31.5 Å². The second-order valence-electron chi connectivity index (χ2n) is 5.54. The highest BCUT2D eigenvalue weighted by Gasteiger charge is 2.18. The number of carbonyl (C=O) groups excluding carboxylic acids is 2. The first-order valence-corrected chi connectivity index (χ1v) is 7.47. The van der Waals surface area contributed by atoms with Crippen molar-refractivity contribution >= 4 is 17.5 Å². The van der Waals surface area contributed by atoms with Crippen LogP contribution in [0.2, 0.25) is 0 Å². The molecular formula is C16H23N3O2. The lowest BCUT2D eigenvalue weighted by molar-refractivity contribution is -0.125. The van der Waals surface area contributed by atoms with Gasteiger partial charge in [-0.15, -0.1) is 0 Å². The summed E-state index contributed by atoms with van der Waals surface area (Å²) in [6.45, 7) is 6.22. The lowest BCUT2D eigenvalue weighted by Gasteiger charge is -2.25. The minimum atomic E-state index is -0.0824. The zero-order valence-electron chi connectivity index (χ0n) is 12.7. The van der Waals surface area contributed by atoms with Crippen LogP contribution in [0.5, 0.6) is 0 Å². The molecule has 1 heterocycles. The molecule has 0 aromatic heterocycles. The van der Waals surface area contributed by atoms with Gasteiger partial charge < -0.3 is 10.6 Å². The third-order valence-corrected chi connectivity index (χ3v) is 3.86. The quantitative estimate of drug-likeness (QED) is 0.865. The van der Waals surface area contributed by atoms with Crippen molar-refractivity contribution < 1.29 is 9.59 Å². The van der Waals surface area contributed by atoms with Gasteiger partial charge in [0.25, 0.3) is 0 Å². The highest BCUT2D eigenvalue weighted by molar-refractivity contribution is 5.92. The van der Waals surface area contributed by atoms with E-state index in [1.165, 1.54) is 5.56 Å². The van der Waals surface area contributed by atoms with Crippen molar-refractivity contribution in [1.29, 1.82) is 0 Å². The third-order valence-electron chi connectivity index (χ3n) is 3.86. The molecule has 21 heavy (non-hydrogen) atoms. The van der Waals surface area contributed by atoms with Gasteiger partial charge in [-0.3, -0.25) is 14.5 Å². The van der Waals surface area contributed by atoms with Gasteiger partial charge >= 0.3 is 0 Å². The molecule has 1 aliphatic heterocycles. The second-order valence-corrected chi connectivity index (χ2v) is 5.54. The molecule has 2 rings (SSSR count). The predicted octanol–water partition coefficient (Wildman–Crippen LogP) is 1.57. The van der Waals surface area contributed by atoms with E-state index in [4.69, 9.17) is 0 Å². The maximum Gasteiger partial charge on any atom is 0.238 e. The molecule has 1 saturated heterocycles. The fraction of sp³-hybridized carbons (Fsp3) is 0.500. The van der Waals surface area contributed by atoms with Gasteiger partial charge in [-0.05, 0) is 30.0 Å². The van der Waals surface area contributed by atoms with E-state index in [2.05, 4.69) is 36.6 Å². The molecule has 0 aliphatic carbocycles. The molecule has 0 bridgehead atoms. The van der Waals surface area contributed by atoms with Crippen LogP contribution in [0.1, 0.15) is 31.7 Å². The van der Waals surface area contributed by atoms with Crippen LogP contribution in [0, 0.1) is 0 Å². The Bertz CT molecular complexity index is 499. The number of amides is 2. The summed E-state index contributed by atoms with van der Waals surface area (Å²) in [4.78, 5) is 25.1. The highest BCUT2D eigenvalue weighted by atomic mass is 16.2. The van der Waals surface area contributed by atoms with Crippen molar-refractivity contribution in [3.05, 3.63) is 29.8 Å². The van der Waals surface area contributed by atoms with E-state index in [1.54, 1.807) is 0 Å². The number of nitrogens with zero attached hydrogens (tertiary/aromatic N) is 1. The Labute approximate surface area is 125 Å². The molecule has 5 nitrogen and oxygen atoms in total. The monoisotopic (exact) mass is 289 g/mol. The highest BCUT2D eigenvalue weighted by Crippen LogP contribution is 2.20. The summed E-state index contributed by atoms with van der Waals surface area (Å²) in [5, 5.41) is 5.62. The number of hydrogen-bond acceptors (Lipinski definition) is 3. The Morgan fingerprint density at radius 2 is 2.10 bits per heavy atom. The zero-order valence-corrected chi connectivity index (χ0v) is 12.7. The Balaban J connectivity index is 1.86. The number of rotatable bonds is 5. The van der Waals surface area contributed by atoms with Crippen molar-refractivity contribution in [2.24, 2.45) is 0 Å². The first-order valence-electron chi connectivity index (χ1n) is 7.47. The van der Waals surface area contributed by atoms with E-state index in [0.717, 1.165) is 12.1 Å². The standard InChI is InChI=1S/C16H23N3O2/c1-3-12(2)13-4-6-14(7-5-13)18-16(21)11-19-9-8-17-15(20)10-19/h4-7,12H,3,8-11H2,1-2H3,(H,17,20)(H,18,21)/t12-/m0/s1. The first-order chi connectivity index (χ1) is 10.1. The van der Waals surface area contributed by atoms with Gasteiger partial charge in [-0.1, -0.05) is 26.0 Å². The molecule has 0 spiro atoms. The number of nitrogens with one attached hydrogen (secondary N) is 2. The molecular weight excluding hydrogens is 266 g/mol. The number of piperazine rings is 1. The van der Waals surface area contributed by atoms with Gasteiger partial charge in [0.05, 0.1) is 13.1 Å². The van der Waals surface area contributed by atoms with Gasteiger partial charge in [0.15, 0.2) is 0 Å². The molecule has 0 radical (unpaired) electrons. The topological polar surface area (TPSA) is 61.4 Å². The number of benzene rings is 1. The molecule has 2 N–H and O–H groups in total. The Morgan fingerprint density at radius 3 is 2.71 bits per heavy atom. The van der Waals surface area contributed by atoms with Crippen LogP contribution in [0.25, 0.3) is 0 Å². The molecule has 0 unspecified atom stereocenters. The van der Waals surface area contributed by atoms with Crippen LogP contribution < -0.4 is 10.6 Å². The lowest BCUT2D eigenvalue weighted by Crippen LogP contribution is -2.49. The molecule has 114 valence electrons. The smallest absolute Gasteiger partial charge is 0.238 e. The average Bonchev–Trinajstić information content (AvgIpc) is 2.47. The van der Waals surface area contributed by atoms with E-state index >= 15 is 0 Å². The zero-order chi connectivity index (χ0) is 15.2. The largest absolute Gasteiger partial charge is 0.354 e. The Kier molecular flexibility index (Phi) is 5.33. The van der Waals surface area contributed by atoms with E-state index < -0.39 is 0 Å². The van der Waals surface area contributed by atoms with E-state index in [1.807, 2.05) is 17.0 Å². The summed E-state index contributed by atoms with van der Waals surface area (Å²) in [6.07, 6.45) is 1.10. The molecule has 2 amide bonds.